The Morgan fingerprint density at radius 3 is 2.56 bits per heavy atom. The summed E-state index contributed by atoms with van der Waals surface area (Å²) in [4.78, 5) is 17.6. The largest absolute Gasteiger partial charge is 0.486 e. The molecule has 5 nitrogen and oxygen atoms in total. The van der Waals surface area contributed by atoms with Crippen LogP contribution in [0.1, 0.15) is 41.4 Å². The van der Waals surface area contributed by atoms with Crippen LogP contribution >= 0.6 is 12.4 Å². The van der Waals surface area contributed by atoms with Gasteiger partial charge in [-0.1, -0.05) is 32.0 Å². The van der Waals surface area contributed by atoms with Crippen molar-refractivity contribution in [2.45, 2.75) is 26.4 Å². The summed E-state index contributed by atoms with van der Waals surface area (Å²) in [5.74, 6) is -1.69. The van der Waals surface area contributed by atoms with Gasteiger partial charge in [0.05, 0.1) is 5.52 Å². The average molecular weight is 484 g/mol. The highest BCUT2D eigenvalue weighted by Gasteiger charge is 2.14. The van der Waals surface area contributed by atoms with Gasteiger partial charge >= 0.3 is 0 Å². The Hall–Kier alpha value is -3.71. The van der Waals surface area contributed by atoms with Gasteiger partial charge in [0.15, 0.2) is 11.6 Å². The minimum Gasteiger partial charge on any atom is -0.486 e. The molecule has 0 aliphatic carbocycles. The molecule has 1 heterocycles. The summed E-state index contributed by atoms with van der Waals surface area (Å²) in [7, 11) is 0. The van der Waals surface area contributed by atoms with Gasteiger partial charge in [0, 0.05) is 39.6 Å². The molecule has 0 saturated heterocycles. The molecule has 0 aliphatic rings. The number of nitrogens with zero attached hydrogens (tertiary/aromatic N) is 1. The van der Waals surface area contributed by atoms with Crippen LogP contribution in [0.5, 0.6) is 5.75 Å². The Balaban J connectivity index is 0.00000324. The van der Waals surface area contributed by atoms with Gasteiger partial charge in [-0.05, 0) is 48.4 Å². The quantitative estimate of drug-likeness (QED) is 0.329. The Kier molecular flexibility index (Phi) is 7.68. The van der Waals surface area contributed by atoms with E-state index in [1.54, 1.807) is 36.4 Å². The normalized spacial score (nSPS) is 10.7. The smallest absolute Gasteiger partial charge is 0.256 e. The lowest BCUT2D eigenvalue weighted by Gasteiger charge is -2.13. The highest BCUT2D eigenvalue weighted by atomic mass is 35.5. The topological polar surface area (TPSA) is 77.2 Å². The fraction of sp³-hybridized carbons (Fsp3) is 0.154. The monoisotopic (exact) mass is 483 g/mol. The molecule has 4 aromatic rings. The van der Waals surface area contributed by atoms with Gasteiger partial charge in [0.2, 0.25) is 0 Å². The summed E-state index contributed by atoms with van der Waals surface area (Å²) in [5, 5.41) is 3.62. The van der Waals surface area contributed by atoms with Crippen LogP contribution in [0.2, 0.25) is 0 Å². The molecule has 3 N–H and O–H groups in total. The van der Waals surface area contributed by atoms with E-state index < -0.39 is 11.6 Å². The first-order valence-electron chi connectivity index (χ1n) is 10.5. The second kappa shape index (κ2) is 10.5. The molecule has 0 spiro atoms. The average Bonchev–Trinajstić information content (AvgIpc) is 2.79. The first kappa shape index (κ1) is 24.9. The molecule has 0 radical (unpaired) electrons. The van der Waals surface area contributed by atoms with Gasteiger partial charge in [-0.25, -0.2) is 8.78 Å². The number of nitrogen functional groups attached to an aromatic ring is 1. The number of carbonyl (C=O) groups is 1. The molecule has 34 heavy (non-hydrogen) atoms. The predicted octanol–water partition coefficient (Wildman–Crippen LogP) is 6.47. The molecule has 1 aromatic heterocycles. The fourth-order valence-electron chi connectivity index (χ4n) is 3.46. The molecular weight excluding hydrogens is 460 g/mol. The number of rotatable bonds is 6. The summed E-state index contributed by atoms with van der Waals surface area (Å²) < 4.78 is 32.5. The van der Waals surface area contributed by atoms with Crippen LogP contribution in [0.4, 0.5) is 20.2 Å². The summed E-state index contributed by atoms with van der Waals surface area (Å²) in [6.45, 7) is 4.04. The lowest BCUT2D eigenvalue weighted by Crippen LogP contribution is -2.15. The lowest BCUT2D eigenvalue weighted by molar-refractivity contribution is 0.102. The number of halogens is 3. The van der Waals surface area contributed by atoms with E-state index in [-0.39, 0.29) is 36.6 Å². The predicted molar refractivity (Wildman–Crippen MR) is 133 cm³/mol. The van der Waals surface area contributed by atoms with Crippen molar-refractivity contribution < 1.29 is 18.3 Å². The van der Waals surface area contributed by atoms with Crippen LogP contribution < -0.4 is 15.8 Å². The minimum atomic E-state index is -0.806. The Morgan fingerprint density at radius 2 is 1.82 bits per heavy atom. The number of benzene rings is 3. The van der Waals surface area contributed by atoms with E-state index in [0.717, 1.165) is 28.7 Å². The molecule has 0 aliphatic heterocycles. The third-order valence-electron chi connectivity index (χ3n) is 5.25. The third-order valence-corrected chi connectivity index (χ3v) is 5.25. The molecular formula is C26H24ClF2N3O2. The van der Waals surface area contributed by atoms with Crippen LogP contribution in [0.3, 0.4) is 0 Å². The number of hydrogen-bond donors (Lipinski definition) is 2. The summed E-state index contributed by atoms with van der Waals surface area (Å²) in [6, 6.07) is 17.1. The van der Waals surface area contributed by atoms with E-state index in [0.29, 0.717) is 22.5 Å². The van der Waals surface area contributed by atoms with E-state index >= 15 is 0 Å². The molecule has 8 heteroatoms. The standard InChI is InChI=1S/C26H23F2N3O2.ClH/c1-15(2)24-13-22(29)20-12-18(8-9-23(20)31-24)30-26(32)19-6-4-3-5-16(19)14-33-25-10-7-17(27)11-21(25)28;/h3-13,15H,14H2,1-2H3,(H2,29,31)(H,30,32);1H. The Morgan fingerprint density at radius 1 is 1.06 bits per heavy atom. The first-order chi connectivity index (χ1) is 15.8. The zero-order valence-corrected chi connectivity index (χ0v) is 19.5. The summed E-state index contributed by atoms with van der Waals surface area (Å²) >= 11 is 0. The van der Waals surface area contributed by atoms with Crippen LogP contribution in [-0.4, -0.2) is 10.9 Å². The van der Waals surface area contributed by atoms with E-state index in [2.05, 4.69) is 10.3 Å². The maximum Gasteiger partial charge on any atom is 0.256 e. The molecule has 0 bridgehead atoms. The fourth-order valence-corrected chi connectivity index (χ4v) is 3.46. The van der Waals surface area contributed by atoms with Crippen LogP contribution in [0, 0.1) is 11.6 Å². The van der Waals surface area contributed by atoms with Crippen LogP contribution in [-0.2, 0) is 6.61 Å². The zero-order valence-electron chi connectivity index (χ0n) is 18.6. The van der Waals surface area contributed by atoms with Gasteiger partial charge in [-0.2, -0.15) is 0 Å². The van der Waals surface area contributed by atoms with Crippen molar-refractivity contribution in [1.29, 1.82) is 0 Å². The highest BCUT2D eigenvalue weighted by Crippen LogP contribution is 2.27. The maximum absolute atomic E-state index is 13.9. The van der Waals surface area contributed by atoms with Crippen molar-refractivity contribution in [2.75, 3.05) is 11.1 Å². The number of carbonyl (C=O) groups excluding carboxylic acids is 1. The number of anilines is 2. The van der Waals surface area contributed by atoms with Crippen LogP contribution in [0.25, 0.3) is 10.9 Å². The second-order valence-electron chi connectivity index (χ2n) is 8.00. The first-order valence-corrected chi connectivity index (χ1v) is 10.5. The van der Waals surface area contributed by atoms with Gasteiger partial charge in [-0.3, -0.25) is 9.78 Å². The van der Waals surface area contributed by atoms with E-state index in [1.807, 2.05) is 26.0 Å². The molecule has 0 saturated carbocycles. The number of fused-ring (bicyclic) bond motifs is 1. The molecule has 1 amide bonds. The van der Waals surface area contributed by atoms with E-state index in [1.165, 1.54) is 6.07 Å². The molecule has 3 aromatic carbocycles. The van der Waals surface area contributed by atoms with Gasteiger partial charge in [-0.15, -0.1) is 12.4 Å². The highest BCUT2D eigenvalue weighted by molar-refractivity contribution is 6.06. The number of hydrogen-bond acceptors (Lipinski definition) is 4. The van der Waals surface area contributed by atoms with Crippen molar-refractivity contribution in [2.24, 2.45) is 0 Å². The summed E-state index contributed by atoms with van der Waals surface area (Å²) in [5.41, 5.74) is 9.98. The number of pyridine rings is 1. The van der Waals surface area contributed by atoms with Crippen molar-refractivity contribution in [3.8, 4) is 5.75 Å². The maximum atomic E-state index is 13.9. The van der Waals surface area contributed by atoms with Crippen molar-refractivity contribution in [1.82, 2.24) is 4.98 Å². The van der Waals surface area contributed by atoms with E-state index in [4.69, 9.17) is 10.5 Å². The molecule has 0 fully saturated rings. The Labute approximate surface area is 202 Å². The van der Waals surface area contributed by atoms with Gasteiger partial charge < -0.3 is 15.8 Å². The van der Waals surface area contributed by atoms with Gasteiger partial charge in [0.25, 0.3) is 5.91 Å². The number of nitrogens with one attached hydrogen (secondary N) is 1. The molecule has 4 rings (SSSR count). The lowest BCUT2D eigenvalue weighted by atomic mass is 10.1. The molecule has 176 valence electrons. The number of amides is 1. The minimum absolute atomic E-state index is 0. The van der Waals surface area contributed by atoms with Crippen LogP contribution in [0.15, 0.2) is 66.7 Å². The summed E-state index contributed by atoms with van der Waals surface area (Å²) in [6.07, 6.45) is 0. The van der Waals surface area contributed by atoms with Crippen molar-refractivity contribution in [3.63, 3.8) is 0 Å². The second-order valence-corrected chi connectivity index (χ2v) is 8.00. The molecule has 0 unspecified atom stereocenters. The van der Waals surface area contributed by atoms with Crippen molar-refractivity contribution >= 4 is 40.6 Å². The number of nitrogens with two attached hydrogens (primary N) is 1. The zero-order chi connectivity index (χ0) is 23.5. The SMILES string of the molecule is CC(C)c1cc(N)c2cc(NC(=O)c3ccccc3COc3ccc(F)cc3F)ccc2n1.Cl. The molecule has 0 atom stereocenters. The number of ether oxygens (including phenoxy) is 1. The third kappa shape index (κ3) is 5.43. The Bertz CT molecular complexity index is 1350. The van der Waals surface area contributed by atoms with E-state index in [9.17, 15) is 13.6 Å². The number of aromatic nitrogens is 1. The van der Waals surface area contributed by atoms with Crippen molar-refractivity contribution in [3.05, 3.63) is 95.2 Å². The van der Waals surface area contributed by atoms with Gasteiger partial charge in [0.1, 0.15) is 12.4 Å².